The smallest absolute Gasteiger partial charge is 0.240 e. The van der Waals surface area contributed by atoms with Gasteiger partial charge in [0.25, 0.3) is 0 Å². The number of nitrogens with zero attached hydrogens (tertiary/aromatic N) is 1. The summed E-state index contributed by atoms with van der Waals surface area (Å²) in [4.78, 5) is 25.3. The molecule has 5 heteroatoms. The van der Waals surface area contributed by atoms with Gasteiger partial charge in [0.1, 0.15) is 6.54 Å². The zero-order valence-electron chi connectivity index (χ0n) is 12.6. The molecule has 0 saturated heterocycles. The van der Waals surface area contributed by atoms with E-state index in [1.54, 1.807) is 0 Å². The molecule has 0 atom stereocenters. The van der Waals surface area contributed by atoms with Crippen LogP contribution in [0.2, 0.25) is 0 Å². The Hall–Kier alpha value is -1.36. The lowest BCUT2D eigenvalue weighted by Gasteiger charge is -2.26. The van der Waals surface area contributed by atoms with Crippen LogP contribution in [-0.4, -0.2) is 23.9 Å². The van der Waals surface area contributed by atoms with Gasteiger partial charge in [-0.3, -0.25) is 9.59 Å². The number of halogens is 1. The summed E-state index contributed by atoms with van der Waals surface area (Å²) in [5.74, 6) is -0.325. The quantitative estimate of drug-likeness (QED) is 0.919. The van der Waals surface area contributed by atoms with E-state index in [0.29, 0.717) is 0 Å². The predicted molar refractivity (Wildman–Crippen MR) is 84.8 cm³/mol. The van der Waals surface area contributed by atoms with Gasteiger partial charge in [-0.2, -0.15) is 0 Å². The van der Waals surface area contributed by atoms with Crippen molar-refractivity contribution in [2.45, 2.75) is 40.2 Å². The molecule has 2 amide bonds. The largest absolute Gasteiger partial charge is 0.350 e. The molecule has 20 heavy (non-hydrogen) atoms. The molecule has 0 unspecified atom stereocenters. The van der Waals surface area contributed by atoms with E-state index in [1.165, 1.54) is 11.8 Å². The number of carbonyl (C=O) groups is 2. The lowest BCUT2D eigenvalue weighted by Crippen LogP contribution is -2.47. The van der Waals surface area contributed by atoms with Crippen molar-refractivity contribution in [1.82, 2.24) is 5.32 Å². The Labute approximate surface area is 128 Å². The summed E-state index contributed by atoms with van der Waals surface area (Å²) in [6.45, 7) is 9.13. The van der Waals surface area contributed by atoms with Crippen molar-refractivity contribution < 1.29 is 9.59 Å². The molecular formula is C15H21BrN2O2. The second-order valence-corrected chi connectivity index (χ2v) is 6.75. The number of carbonyl (C=O) groups excluding carboxylic acids is 2. The van der Waals surface area contributed by atoms with Crippen molar-refractivity contribution in [3.8, 4) is 0 Å². The van der Waals surface area contributed by atoms with Gasteiger partial charge in [0.2, 0.25) is 11.8 Å². The van der Waals surface area contributed by atoms with E-state index in [-0.39, 0.29) is 23.9 Å². The molecule has 0 heterocycles. The minimum absolute atomic E-state index is 0.0229. The maximum atomic E-state index is 12.0. The van der Waals surface area contributed by atoms with Gasteiger partial charge < -0.3 is 10.2 Å². The Morgan fingerprint density at radius 3 is 2.35 bits per heavy atom. The van der Waals surface area contributed by atoms with Crippen LogP contribution in [0.4, 0.5) is 5.69 Å². The molecular weight excluding hydrogens is 320 g/mol. The topological polar surface area (TPSA) is 49.4 Å². The summed E-state index contributed by atoms with van der Waals surface area (Å²) in [5.41, 5.74) is 1.39. The molecule has 0 aliphatic carbocycles. The third-order valence-corrected chi connectivity index (χ3v) is 3.14. The van der Waals surface area contributed by atoms with E-state index in [4.69, 9.17) is 0 Å². The number of aryl methyl sites for hydroxylation is 1. The second kappa shape index (κ2) is 6.39. The maximum Gasteiger partial charge on any atom is 0.240 e. The average Bonchev–Trinajstić information content (AvgIpc) is 2.23. The molecule has 0 bridgehead atoms. The zero-order chi connectivity index (χ0) is 15.5. The van der Waals surface area contributed by atoms with Gasteiger partial charge in [-0.05, 0) is 51.5 Å². The van der Waals surface area contributed by atoms with Gasteiger partial charge in [-0.25, -0.2) is 0 Å². The van der Waals surface area contributed by atoms with E-state index < -0.39 is 0 Å². The number of amides is 2. The average molecular weight is 341 g/mol. The molecule has 1 rings (SSSR count). The number of anilines is 1. The highest BCUT2D eigenvalue weighted by molar-refractivity contribution is 9.10. The number of hydrogen-bond acceptors (Lipinski definition) is 2. The fraction of sp³-hybridized carbons (Fsp3) is 0.467. The fourth-order valence-corrected chi connectivity index (χ4v) is 2.36. The van der Waals surface area contributed by atoms with Crippen molar-refractivity contribution in [2.75, 3.05) is 11.4 Å². The highest BCUT2D eigenvalue weighted by Gasteiger charge is 2.20. The molecule has 0 radical (unpaired) electrons. The predicted octanol–water partition coefficient (Wildman–Crippen LogP) is 3.03. The van der Waals surface area contributed by atoms with E-state index in [1.807, 2.05) is 45.9 Å². The first-order valence-electron chi connectivity index (χ1n) is 6.45. The van der Waals surface area contributed by atoms with Crippen LogP contribution in [0.1, 0.15) is 33.3 Å². The van der Waals surface area contributed by atoms with Gasteiger partial charge in [-0.1, -0.05) is 15.9 Å². The first-order chi connectivity index (χ1) is 9.10. The summed E-state index contributed by atoms with van der Waals surface area (Å²) in [5, 5.41) is 2.86. The number of nitrogens with one attached hydrogen (secondary N) is 1. The Balaban J connectivity index is 2.96. The standard InChI is InChI=1S/C15H21BrN2O2/c1-10-8-12(16)6-7-13(10)18(11(2)19)9-14(20)17-15(3,4)5/h6-8H,9H2,1-5H3,(H,17,20). The molecule has 0 saturated carbocycles. The van der Waals surface area contributed by atoms with Crippen LogP contribution in [-0.2, 0) is 9.59 Å². The highest BCUT2D eigenvalue weighted by Crippen LogP contribution is 2.24. The van der Waals surface area contributed by atoms with Crippen LogP contribution in [0.3, 0.4) is 0 Å². The van der Waals surface area contributed by atoms with Gasteiger partial charge in [0.15, 0.2) is 0 Å². The number of benzene rings is 1. The van der Waals surface area contributed by atoms with Crippen molar-refractivity contribution in [2.24, 2.45) is 0 Å². The van der Waals surface area contributed by atoms with E-state index in [0.717, 1.165) is 15.7 Å². The Kier molecular flexibility index (Phi) is 5.34. The first-order valence-corrected chi connectivity index (χ1v) is 7.25. The number of rotatable bonds is 3. The molecule has 0 spiro atoms. The van der Waals surface area contributed by atoms with Crippen molar-refractivity contribution in [1.29, 1.82) is 0 Å². The Morgan fingerprint density at radius 2 is 1.90 bits per heavy atom. The van der Waals surface area contributed by atoms with Crippen LogP contribution in [0, 0.1) is 6.92 Å². The van der Waals surface area contributed by atoms with Crippen molar-refractivity contribution in [3.05, 3.63) is 28.2 Å². The summed E-state index contributed by atoms with van der Waals surface area (Å²) < 4.78 is 0.946. The molecule has 110 valence electrons. The molecule has 0 fully saturated rings. The fourth-order valence-electron chi connectivity index (χ4n) is 1.89. The van der Waals surface area contributed by atoms with Gasteiger partial charge in [0, 0.05) is 22.6 Å². The van der Waals surface area contributed by atoms with Gasteiger partial charge in [-0.15, -0.1) is 0 Å². The first kappa shape index (κ1) is 16.7. The number of hydrogen-bond donors (Lipinski definition) is 1. The molecule has 4 nitrogen and oxygen atoms in total. The molecule has 0 aliphatic heterocycles. The molecule has 1 aromatic rings. The Morgan fingerprint density at radius 1 is 1.30 bits per heavy atom. The summed E-state index contributed by atoms with van der Waals surface area (Å²) in [6.07, 6.45) is 0. The van der Waals surface area contributed by atoms with Crippen molar-refractivity contribution >= 4 is 33.4 Å². The van der Waals surface area contributed by atoms with Crippen LogP contribution >= 0.6 is 15.9 Å². The van der Waals surface area contributed by atoms with Crippen LogP contribution < -0.4 is 10.2 Å². The Bertz CT molecular complexity index is 521. The minimum Gasteiger partial charge on any atom is -0.350 e. The summed E-state index contributed by atoms with van der Waals surface area (Å²) in [7, 11) is 0. The van der Waals surface area contributed by atoms with Crippen molar-refractivity contribution in [3.63, 3.8) is 0 Å². The SMILES string of the molecule is CC(=O)N(CC(=O)NC(C)(C)C)c1ccc(Br)cc1C. The molecule has 1 aromatic carbocycles. The highest BCUT2D eigenvalue weighted by atomic mass is 79.9. The third kappa shape index (κ3) is 4.96. The zero-order valence-corrected chi connectivity index (χ0v) is 14.2. The lowest BCUT2D eigenvalue weighted by molar-refractivity contribution is -0.124. The molecule has 1 N–H and O–H groups in total. The van der Waals surface area contributed by atoms with E-state index in [2.05, 4.69) is 21.2 Å². The monoisotopic (exact) mass is 340 g/mol. The summed E-state index contributed by atoms with van der Waals surface area (Å²) >= 11 is 3.39. The second-order valence-electron chi connectivity index (χ2n) is 5.83. The molecule has 0 aliphatic rings. The summed E-state index contributed by atoms with van der Waals surface area (Å²) in [6, 6.07) is 5.62. The normalized spacial score (nSPS) is 11.1. The van der Waals surface area contributed by atoms with Crippen LogP contribution in [0.25, 0.3) is 0 Å². The van der Waals surface area contributed by atoms with Crippen LogP contribution in [0.5, 0.6) is 0 Å². The third-order valence-electron chi connectivity index (χ3n) is 2.65. The van der Waals surface area contributed by atoms with E-state index in [9.17, 15) is 9.59 Å². The lowest BCUT2D eigenvalue weighted by atomic mass is 10.1. The van der Waals surface area contributed by atoms with Gasteiger partial charge in [0.05, 0.1) is 0 Å². The minimum atomic E-state index is -0.311. The van der Waals surface area contributed by atoms with E-state index >= 15 is 0 Å². The molecule has 0 aromatic heterocycles. The maximum absolute atomic E-state index is 12.0. The van der Waals surface area contributed by atoms with Gasteiger partial charge >= 0.3 is 0 Å². The van der Waals surface area contributed by atoms with Crippen LogP contribution in [0.15, 0.2) is 22.7 Å².